The zero-order chi connectivity index (χ0) is 15.4. The minimum absolute atomic E-state index is 0.0875. The molecule has 0 spiro atoms. The molecular weight excluding hydrogens is 337 g/mol. The summed E-state index contributed by atoms with van der Waals surface area (Å²) >= 11 is 3.32. The zero-order valence-electron chi connectivity index (χ0n) is 11.9. The van der Waals surface area contributed by atoms with E-state index in [-0.39, 0.29) is 18.5 Å². The van der Waals surface area contributed by atoms with Crippen molar-refractivity contribution < 1.29 is 13.9 Å². The van der Waals surface area contributed by atoms with E-state index < -0.39 is 0 Å². The van der Waals surface area contributed by atoms with Gasteiger partial charge in [0.05, 0.1) is 7.11 Å². The van der Waals surface area contributed by atoms with Crippen molar-refractivity contribution in [2.75, 3.05) is 7.11 Å². The minimum Gasteiger partial charge on any atom is -0.493 e. The van der Waals surface area contributed by atoms with Gasteiger partial charge in [-0.25, -0.2) is 4.39 Å². The summed E-state index contributed by atoms with van der Waals surface area (Å²) in [5, 5.41) is 0. The van der Waals surface area contributed by atoms with Gasteiger partial charge in [-0.1, -0.05) is 22.0 Å². The number of methoxy groups -OCH3 is 1. The number of hydrogen-bond donors (Lipinski definition) is 1. The largest absolute Gasteiger partial charge is 0.493 e. The lowest BCUT2D eigenvalue weighted by atomic mass is 10.1. The molecule has 0 aliphatic rings. The molecule has 2 aromatic carbocycles. The predicted molar refractivity (Wildman–Crippen MR) is 84.0 cm³/mol. The summed E-state index contributed by atoms with van der Waals surface area (Å²) in [6.07, 6.45) is 0. The highest BCUT2D eigenvalue weighted by molar-refractivity contribution is 9.10. The van der Waals surface area contributed by atoms with E-state index in [1.165, 1.54) is 6.07 Å². The number of rotatable bonds is 5. The van der Waals surface area contributed by atoms with Gasteiger partial charge in [0.2, 0.25) is 0 Å². The number of ether oxygens (including phenoxy) is 2. The van der Waals surface area contributed by atoms with Gasteiger partial charge in [0.25, 0.3) is 0 Å². The number of nitrogens with two attached hydrogens (primary N) is 1. The van der Waals surface area contributed by atoms with E-state index in [1.807, 2.05) is 19.1 Å². The minimum atomic E-state index is -0.302. The van der Waals surface area contributed by atoms with Crippen molar-refractivity contribution in [3.8, 4) is 11.5 Å². The van der Waals surface area contributed by atoms with Crippen LogP contribution in [0.3, 0.4) is 0 Å². The van der Waals surface area contributed by atoms with Crippen molar-refractivity contribution in [3.05, 3.63) is 57.8 Å². The van der Waals surface area contributed by atoms with Crippen LogP contribution in [0.4, 0.5) is 4.39 Å². The van der Waals surface area contributed by atoms with Crippen LogP contribution < -0.4 is 15.2 Å². The fourth-order valence-corrected chi connectivity index (χ4v) is 2.30. The van der Waals surface area contributed by atoms with Gasteiger partial charge in [0, 0.05) is 16.1 Å². The molecule has 5 heteroatoms. The quantitative estimate of drug-likeness (QED) is 0.876. The summed E-state index contributed by atoms with van der Waals surface area (Å²) in [4.78, 5) is 0. The van der Waals surface area contributed by atoms with E-state index in [4.69, 9.17) is 15.2 Å². The van der Waals surface area contributed by atoms with E-state index >= 15 is 0 Å². The Labute approximate surface area is 132 Å². The fraction of sp³-hybridized carbons (Fsp3) is 0.250. The molecule has 0 amide bonds. The Morgan fingerprint density at radius 1 is 1.19 bits per heavy atom. The van der Waals surface area contributed by atoms with Crippen molar-refractivity contribution in [1.29, 1.82) is 0 Å². The maximum atomic E-state index is 13.7. The van der Waals surface area contributed by atoms with Crippen molar-refractivity contribution >= 4 is 15.9 Å². The van der Waals surface area contributed by atoms with Crippen molar-refractivity contribution in [1.82, 2.24) is 0 Å². The first-order valence-electron chi connectivity index (χ1n) is 6.51. The monoisotopic (exact) mass is 353 g/mol. The van der Waals surface area contributed by atoms with Crippen molar-refractivity contribution in [2.24, 2.45) is 5.73 Å². The van der Waals surface area contributed by atoms with Gasteiger partial charge in [-0.05, 0) is 42.8 Å². The molecular formula is C16H17BrFNO2. The van der Waals surface area contributed by atoms with Gasteiger partial charge < -0.3 is 15.2 Å². The van der Waals surface area contributed by atoms with Crippen LogP contribution >= 0.6 is 15.9 Å². The van der Waals surface area contributed by atoms with Gasteiger partial charge in [-0.3, -0.25) is 0 Å². The van der Waals surface area contributed by atoms with E-state index in [9.17, 15) is 4.39 Å². The Bertz CT molecular complexity index is 632. The summed E-state index contributed by atoms with van der Waals surface area (Å²) < 4.78 is 25.4. The Hall–Kier alpha value is -1.59. The van der Waals surface area contributed by atoms with Gasteiger partial charge in [-0.15, -0.1) is 0 Å². The van der Waals surface area contributed by atoms with Crippen LogP contribution in [0.1, 0.15) is 24.1 Å². The van der Waals surface area contributed by atoms with Gasteiger partial charge in [-0.2, -0.15) is 0 Å². The van der Waals surface area contributed by atoms with Crippen LogP contribution in [0.5, 0.6) is 11.5 Å². The first kappa shape index (κ1) is 15.8. The highest BCUT2D eigenvalue weighted by Crippen LogP contribution is 2.30. The smallest absolute Gasteiger partial charge is 0.161 e. The van der Waals surface area contributed by atoms with Crippen LogP contribution in [0, 0.1) is 5.82 Å². The Morgan fingerprint density at radius 2 is 1.95 bits per heavy atom. The van der Waals surface area contributed by atoms with E-state index in [2.05, 4.69) is 15.9 Å². The summed E-state index contributed by atoms with van der Waals surface area (Å²) in [7, 11) is 1.56. The Kier molecular flexibility index (Phi) is 5.20. The third kappa shape index (κ3) is 3.95. The summed E-state index contributed by atoms with van der Waals surface area (Å²) in [6, 6.07) is 10.1. The molecule has 0 aliphatic heterocycles. The first-order valence-corrected chi connectivity index (χ1v) is 7.31. The maximum absolute atomic E-state index is 13.7. The predicted octanol–water partition coefficient (Wildman–Crippen LogP) is 4.20. The molecule has 3 nitrogen and oxygen atoms in total. The normalized spacial score (nSPS) is 12.0. The van der Waals surface area contributed by atoms with Crippen LogP contribution in [0.25, 0.3) is 0 Å². The maximum Gasteiger partial charge on any atom is 0.161 e. The number of benzene rings is 2. The molecule has 21 heavy (non-hydrogen) atoms. The third-order valence-corrected chi connectivity index (χ3v) is 3.60. The van der Waals surface area contributed by atoms with Crippen molar-refractivity contribution in [3.63, 3.8) is 0 Å². The second kappa shape index (κ2) is 6.91. The molecule has 2 aromatic rings. The molecule has 112 valence electrons. The Morgan fingerprint density at radius 3 is 2.62 bits per heavy atom. The number of halogens is 2. The lowest BCUT2D eigenvalue weighted by molar-refractivity contribution is 0.279. The third-order valence-electron chi connectivity index (χ3n) is 3.10. The number of hydrogen-bond acceptors (Lipinski definition) is 3. The highest BCUT2D eigenvalue weighted by atomic mass is 79.9. The zero-order valence-corrected chi connectivity index (χ0v) is 13.5. The second-order valence-corrected chi connectivity index (χ2v) is 5.64. The van der Waals surface area contributed by atoms with Crippen LogP contribution in [-0.2, 0) is 6.61 Å². The first-order chi connectivity index (χ1) is 10.0. The lowest BCUT2D eigenvalue weighted by Crippen LogP contribution is -2.06. The standard InChI is InChI=1S/C16H17BrFNO2/c1-10(19)11-3-6-15(16(8-11)20-2)21-9-12-7-13(17)4-5-14(12)18/h3-8,10H,9,19H2,1-2H3/t10-/m0/s1. The van der Waals surface area contributed by atoms with Crippen molar-refractivity contribution in [2.45, 2.75) is 19.6 Å². The molecule has 0 aromatic heterocycles. The summed E-state index contributed by atoms with van der Waals surface area (Å²) in [5.41, 5.74) is 7.26. The molecule has 0 aliphatic carbocycles. The van der Waals surface area contributed by atoms with E-state index in [0.29, 0.717) is 17.1 Å². The lowest BCUT2D eigenvalue weighted by Gasteiger charge is -2.14. The molecule has 2 rings (SSSR count). The molecule has 0 heterocycles. The van der Waals surface area contributed by atoms with E-state index in [0.717, 1.165) is 10.0 Å². The fourth-order valence-electron chi connectivity index (χ4n) is 1.90. The molecule has 0 unspecified atom stereocenters. The van der Waals surface area contributed by atoms with Crippen LogP contribution in [0.2, 0.25) is 0 Å². The molecule has 0 saturated heterocycles. The second-order valence-electron chi connectivity index (χ2n) is 4.72. The molecule has 1 atom stereocenters. The topological polar surface area (TPSA) is 44.5 Å². The van der Waals surface area contributed by atoms with E-state index in [1.54, 1.807) is 25.3 Å². The van der Waals surface area contributed by atoms with Gasteiger partial charge in [0.15, 0.2) is 11.5 Å². The Balaban J connectivity index is 2.18. The molecule has 2 N–H and O–H groups in total. The average molecular weight is 354 g/mol. The molecule has 0 radical (unpaired) electrons. The van der Waals surface area contributed by atoms with Crippen LogP contribution in [-0.4, -0.2) is 7.11 Å². The van der Waals surface area contributed by atoms with Gasteiger partial charge >= 0.3 is 0 Å². The summed E-state index contributed by atoms with van der Waals surface area (Å²) in [6.45, 7) is 2.02. The highest BCUT2D eigenvalue weighted by Gasteiger charge is 2.10. The summed E-state index contributed by atoms with van der Waals surface area (Å²) in [5.74, 6) is 0.839. The van der Waals surface area contributed by atoms with Crippen LogP contribution in [0.15, 0.2) is 40.9 Å². The molecule has 0 fully saturated rings. The SMILES string of the molecule is COc1cc([C@H](C)N)ccc1OCc1cc(Br)ccc1F. The van der Waals surface area contributed by atoms with Gasteiger partial charge in [0.1, 0.15) is 12.4 Å². The molecule has 0 bridgehead atoms. The molecule has 0 saturated carbocycles. The average Bonchev–Trinajstić information content (AvgIpc) is 2.47.